The molecule has 2 unspecified atom stereocenters. The first-order chi connectivity index (χ1) is 16.5. The average molecular weight is 456 g/mol. The number of benzene rings is 3. The lowest BCUT2D eigenvalue weighted by Gasteiger charge is -2.22. The van der Waals surface area contributed by atoms with Crippen LogP contribution in [0.25, 0.3) is 5.70 Å². The first-order valence-electron chi connectivity index (χ1n) is 13.2. The van der Waals surface area contributed by atoms with Crippen molar-refractivity contribution in [2.24, 2.45) is 5.92 Å². The van der Waals surface area contributed by atoms with Crippen molar-refractivity contribution in [3.63, 3.8) is 0 Å². The SMILES string of the molecule is CC.CCC.Cc1ccc(C2=CCC(Cc3ccc(C(c4ccccc4)C(C)C)cc3)N2)cc1. The molecular formula is C33H45N. The van der Waals surface area contributed by atoms with Gasteiger partial charge in [-0.05, 0) is 47.9 Å². The van der Waals surface area contributed by atoms with E-state index in [1.54, 1.807) is 0 Å². The summed E-state index contributed by atoms with van der Waals surface area (Å²) in [7, 11) is 0. The van der Waals surface area contributed by atoms with Crippen LogP contribution in [0.5, 0.6) is 0 Å². The highest BCUT2D eigenvalue weighted by Crippen LogP contribution is 2.32. The van der Waals surface area contributed by atoms with Crippen LogP contribution >= 0.6 is 0 Å². The smallest absolute Gasteiger partial charge is 0.0376 e. The summed E-state index contributed by atoms with van der Waals surface area (Å²) < 4.78 is 0. The minimum absolute atomic E-state index is 0.449. The van der Waals surface area contributed by atoms with Gasteiger partial charge in [0.1, 0.15) is 0 Å². The fourth-order valence-corrected chi connectivity index (χ4v) is 4.43. The second-order valence-corrected chi connectivity index (χ2v) is 9.35. The molecule has 3 aromatic rings. The summed E-state index contributed by atoms with van der Waals surface area (Å²) in [6.45, 7) is 15.0. The van der Waals surface area contributed by atoms with Crippen LogP contribution in [0.3, 0.4) is 0 Å². The zero-order valence-electron chi connectivity index (χ0n) is 22.4. The van der Waals surface area contributed by atoms with Crippen molar-refractivity contribution in [1.82, 2.24) is 5.32 Å². The van der Waals surface area contributed by atoms with E-state index in [0.717, 1.165) is 12.8 Å². The second-order valence-electron chi connectivity index (χ2n) is 9.35. The van der Waals surface area contributed by atoms with E-state index in [4.69, 9.17) is 0 Å². The molecule has 0 saturated carbocycles. The Labute approximate surface area is 209 Å². The van der Waals surface area contributed by atoms with E-state index in [-0.39, 0.29) is 0 Å². The van der Waals surface area contributed by atoms with Crippen LogP contribution in [0.4, 0.5) is 0 Å². The standard InChI is InChI=1S/C28H31N.C3H8.C2H6/c1-20(2)28(24-7-5-4-6-8-24)25-15-11-22(12-16-25)19-26-17-18-27(29-26)23-13-9-21(3)10-14-23;1-3-2;1-2/h4-16,18,20,26,28-29H,17,19H2,1-3H3;3H2,1-2H3;1-2H3. The molecule has 0 saturated heterocycles. The van der Waals surface area contributed by atoms with Gasteiger partial charge < -0.3 is 5.32 Å². The first-order valence-corrected chi connectivity index (χ1v) is 13.2. The number of nitrogens with one attached hydrogen (secondary N) is 1. The van der Waals surface area contributed by atoms with Crippen LogP contribution in [0.15, 0.2) is 84.9 Å². The van der Waals surface area contributed by atoms with E-state index in [0.29, 0.717) is 17.9 Å². The van der Waals surface area contributed by atoms with Gasteiger partial charge in [-0.25, -0.2) is 0 Å². The molecule has 1 heteroatoms. The third kappa shape index (κ3) is 7.90. The Morgan fingerprint density at radius 2 is 1.35 bits per heavy atom. The lowest BCUT2D eigenvalue weighted by atomic mass is 9.82. The molecular weight excluding hydrogens is 410 g/mol. The van der Waals surface area contributed by atoms with Crippen LogP contribution in [0, 0.1) is 12.8 Å². The van der Waals surface area contributed by atoms with Crippen LogP contribution in [0.1, 0.15) is 88.1 Å². The number of hydrogen-bond acceptors (Lipinski definition) is 1. The minimum Gasteiger partial charge on any atom is -0.381 e. The summed E-state index contributed by atoms with van der Waals surface area (Å²) in [4.78, 5) is 0. The zero-order valence-corrected chi connectivity index (χ0v) is 22.4. The lowest BCUT2D eigenvalue weighted by molar-refractivity contribution is 0.563. The molecule has 2 atom stereocenters. The maximum absolute atomic E-state index is 3.72. The van der Waals surface area contributed by atoms with Gasteiger partial charge in [0, 0.05) is 17.7 Å². The third-order valence-corrected chi connectivity index (χ3v) is 5.97. The van der Waals surface area contributed by atoms with Crippen LogP contribution in [-0.4, -0.2) is 6.04 Å². The van der Waals surface area contributed by atoms with E-state index in [9.17, 15) is 0 Å². The molecule has 4 rings (SSSR count). The largest absolute Gasteiger partial charge is 0.381 e. The summed E-state index contributed by atoms with van der Waals surface area (Å²) in [6.07, 6.45) is 5.74. The predicted molar refractivity (Wildman–Crippen MR) is 151 cm³/mol. The van der Waals surface area contributed by atoms with Gasteiger partial charge >= 0.3 is 0 Å². The Morgan fingerprint density at radius 3 is 1.91 bits per heavy atom. The van der Waals surface area contributed by atoms with Crippen LogP contribution < -0.4 is 5.32 Å². The average Bonchev–Trinajstić information content (AvgIpc) is 3.31. The maximum Gasteiger partial charge on any atom is 0.0376 e. The van der Waals surface area contributed by atoms with Gasteiger partial charge in [0.25, 0.3) is 0 Å². The summed E-state index contributed by atoms with van der Waals surface area (Å²) in [5.74, 6) is 1.02. The predicted octanol–water partition coefficient (Wildman–Crippen LogP) is 9.17. The van der Waals surface area contributed by atoms with Crippen molar-refractivity contribution in [3.05, 3.63) is 113 Å². The highest BCUT2D eigenvalue weighted by Gasteiger charge is 2.20. The van der Waals surface area contributed by atoms with Crippen molar-refractivity contribution in [2.45, 2.75) is 79.7 Å². The molecule has 1 N–H and O–H groups in total. The zero-order chi connectivity index (χ0) is 24.9. The van der Waals surface area contributed by atoms with Crippen molar-refractivity contribution >= 4 is 5.70 Å². The van der Waals surface area contributed by atoms with Gasteiger partial charge in [-0.2, -0.15) is 0 Å². The lowest BCUT2D eigenvalue weighted by Crippen LogP contribution is -2.24. The highest BCUT2D eigenvalue weighted by molar-refractivity contribution is 5.66. The summed E-state index contributed by atoms with van der Waals surface area (Å²) in [6, 6.07) is 29.4. The molecule has 1 heterocycles. The van der Waals surface area contributed by atoms with E-state index in [1.165, 1.54) is 39.9 Å². The molecule has 0 aliphatic carbocycles. The van der Waals surface area contributed by atoms with Gasteiger partial charge in [0.05, 0.1) is 0 Å². The molecule has 1 aliphatic rings. The van der Waals surface area contributed by atoms with Crippen LogP contribution in [0.2, 0.25) is 0 Å². The highest BCUT2D eigenvalue weighted by atomic mass is 14.9. The third-order valence-electron chi connectivity index (χ3n) is 5.97. The van der Waals surface area contributed by atoms with Crippen LogP contribution in [-0.2, 0) is 6.42 Å². The van der Waals surface area contributed by atoms with E-state index >= 15 is 0 Å². The number of aryl methyl sites for hydroxylation is 1. The molecule has 1 nitrogen and oxygen atoms in total. The summed E-state index contributed by atoms with van der Waals surface area (Å²) in [5, 5.41) is 3.72. The molecule has 1 aliphatic heterocycles. The van der Waals surface area contributed by atoms with Gasteiger partial charge in [-0.1, -0.05) is 138 Å². The topological polar surface area (TPSA) is 12.0 Å². The number of rotatable bonds is 6. The summed E-state index contributed by atoms with van der Waals surface area (Å²) >= 11 is 0. The molecule has 34 heavy (non-hydrogen) atoms. The molecule has 3 aromatic carbocycles. The molecule has 0 spiro atoms. The fraction of sp³-hybridized carbons (Fsp3) is 0.394. The molecule has 0 aromatic heterocycles. The minimum atomic E-state index is 0.449. The Kier molecular flexibility index (Phi) is 11.7. The Bertz CT molecular complexity index is 965. The van der Waals surface area contributed by atoms with E-state index < -0.39 is 0 Å². The van der Waals surface area contributed by atoms with Gasteiger partial charge in [-0.3, -0.25) is 0 Å². The normalized spacial score (nSPS) is 15.3. The monoisotopic (exact) mass is 455 g/mol. The maximum atomic E-state index is 3.72. The second kappa shape index (κ2) is 14.5. The number of hydrogen-bond donors (Lipinski definition) is 1. The van der Waals surface area contributed by atoms with Crippen molar-refractivity contribution in [3.8, 4) is 0 Å². The first kappa shape index (κ1) is 27.4. The van der Waals surface area contributed by atoms with Crippen molar-refractivity contribution in [2.75, 3.05) is 0 Å². The Hall–Kier alpha value is -2.80. The van der Waals surface area contributed by atoms with Gasteiger partial charge in [0.15, 0.2) is 0 Å². The van der Waals surface area contributed by atoms with Crippen molar-refractivity contribution < 1.29 is 0 Å². The summed E-state index contributed by atoms with van der Waals surface area (Å²) in [5.41, 5.74) is 8.08. The molecule has 0 radical (unpaired) electrons. The Morgan fingerprint density at radius 1 is 0.794 bits per heavy atom. The fourth-order valence-electron chi connectivity index (χ4n) is 4.43. The molecule has 0 bridgehead atoms. The van der Waals surface area contributed by atoms with E-state index in [2.05, 4.69) is 125 Å². The molecule has 0 fully saturated rings. The van der Waals surface area contributed by atoms with Crippen molar-refractivity contribution in [1.29, 1.82) is 0 Å². The van der Waals surface area contributed by atoms with E-state index in [1.807, 2.05) is 13.8 Å². The quantitative estimate of drug-likeness (QED) is 0.390. The molecule has 0 amide bonds. The Balaban J connectivity index is 0.000000758. The molecule has 182 valence electrons. The van der Waals surface area contributed by atoms with Gasteiger partial charge in [0.2, 0.25) is 0 Å². The van der Waals surface area contributed by atoms with Gasteiger partial charge in [-0.15, -0.1) is 0 Å².